The van der Waals surface area contributed by atoms with Crippen molar-refractivity contribution < 1.29 is 44.5 Å². The Bertz CT molecular complexity index is 644. The molecule has 0 saturated carbocycles. The summed E-state index contributed by atoms with van der Waals surface area (Å²) < 4.78 is 15.4. The maximum absolute atomic E-state index is 12.1. The molecule has 126 valence electrons. The largest absolute Gasteiger partial charge is 0.504 e. The van der Waals surface area contributed by atoms with Crippen molar-refractivity contribution >= 4 is 5.97 Å². The Kier molecular flexibility index (Phi) is 3.80. The lowest BCUT2D eigenvalue weighted by molar-refractivity contribution is -0.235. The van der Waals surface area contributed by atoms with Crippen LogP contribution in [0.15, 0.2) is 6.07 Å². The molecule has 9 heteroatoms. The summed E-state index contributed by atoms with van der Waals surface area (Å²) in [6.45, 7) is -0.583. The molecule has 1 aromatic carbocycles. The van der Waals surface area contributed by atoms with E-state index in [-0.39, 0.29) is 16.9 Å². The minimum Gasteiger partial charge on any atom is -0.504 e. The maximum atomic E-state index is 12.1. The maximum Gasteiger partial charge on any atom is 0.339 e. The van der Waals surface area contributed by atoms with E-state index in [1.807, 2.05) is 0 Å². The Labute approximate surface area is 130 Å². The number of hydrogen-bond donors (Lipinski definition) is 5. The van der Waals surface area contributed by atoms with E-state index in [4.69, 9.17) is 14.2 Å². The van der Waals surface area contributed by atoms with Gasteiger partial charge in [-0.1, -0.05) is 0 Å². The molecule has 5 N–H and O–H groups in total. The summed E-state index contributed by atoms with van der Waals surface area (Å²) in [5, 5.41) is 49.3. The number of aromatic hydroxyl groups is 2. The molecular formula is C14H16O9. The lowest BCUT2D eigenvalue weighted by Gasteiger charge is -2.44. The number of rotatable bonds is 2. The highest BCUT2D eigenvalue weighted by molar-refractivity contribution is 5.95. The zero-order valence-corrected chi connectivity index (χ0v) is 12.0. The molecule has 0 radical (unpaired) electrons. The van der Waals surface area contributed by atoms with E-state index in [1.165, 1.54) is 7.11 Å². The second-order valence-electron chi connectivity index (χ2n) is 5.37. The first-order valence-corrected chi connectivity index (χ1v) is 6.87. The number of esters is 1. The third-order valence-electron chi connectivity index (χ3n) is 4.09. The molecule has 3 rings (SSSR count). The van der Waals surface area contributed by atoms with Gasteiger partial charge in [-0.25, -0.2) is 4.79 Å². The number of hydrogen-bond acceptors (Lipinski definition) is 9. The van der Waals surface area contributed by atoms with Crippen molar-refractivity contribution in [2.75, 3.05) is 13.7 Å². The van der Waals surface area contributed by atoms with Crippen LogP contribution in [0.4, 0.5) is 0 Å². The lowest BCUT2D eigenvalue weighted by atomic mass is 9.86. The van der Waals surface area contributed by atoms with E-state index in [0.717, 1.165) is 6.07 Å². The molecule has 0 aromatic heterocycles. The van der Waals surface area contributed by atoms with Crippen LogP contribution in [0.1, 0.15) is 22.0 Å². The molecule has 2 aliphatic rings. The molecule has 23 heavy (non-hydrogen) atoms. The summed E-state index contributed by atoms with van der Waals surface area (Å²) in [4.78, 5) is 12.1. The zero-order valence-electron chi connectivity index (χ0n) is 12.0. The van der Waals surface area contributed by atoms with E-state index in [9.17, 15) is 30.3 Å². The van der Waals surface area contributed by atoms with Crippen LogP contribution in [0.2, 0.25) is 0 Å². The molecule has 0 amide bonds. The first kappa shape index (κ1) is 15.8. The summed E-state index contributed by atoms with van der Waals surface area (Å²) in [6.07, 6.45) is -6.50. The SMILES string of the molecule is COc1c(O)cc2c(c1O)[C@@H]1O[C@@H](CO)[C@H](O)[C@@H](O)[C@H]1OC2=O. The van der Waals surface area contributed by atoms with Crippen molar-refractivity contribution in [2.24, 2.45) is 0 Å². The smallest absolute Gasteiger partial charge is 0.339 e. The van der Waals surface area contributed by atoms with Gasteiger partial charge < -0.3 is 39.7 Å². The van der Waals surface area contributed by atoms with Gasteiger partial charge in [0, 0.05) is 5.56 Å². The molecule has 0 aliphatic carbocycles. The van der Waals surface area contributed by atoms with Crippen LogP contribution in [0, 0.1) is 0 Å². The van der Waals surface area contributed by atoms with Crippen LogP contribution < -0.4 is 4.74 Å². The van der Waals surface area contributed by atoms with Crippen LogP contribution in [-0.2, 0) is 9.47 Å². The quantitative estimate of drug-likeness (QED) is 0.422. The Morgan fingerprint density at radius 1 is 1.26 bits per heavy atom. The summed E-state index contributed by atoms with van der Waals surface area (Å²) in [5.41, 5.74) is -0.187. The van der Waals surface area contributed by atoms with E-state index in [2.05, 4.69) is 0 Å². The van der Waals surface area contributed by atoms with Crippen molar-refractivity contribution in [3.8, 4) is 17.2 Å². The number of ether oxygens (including phenoxy) is 3. The highest BCUT2D eigenvalue weighted by atomic mass is 16.6. The monoisotopic (exact) mass is 328 g/mol. The second-order valence-corrected chi connectivity index (χ2v) is 5.37. The highest BCUT2D eigenvalue weighted by Gasteiger charge is 2.52. The van der Waals surface area contributed by atoms with Gasteiger partial charge in [0.2, 0.25) is 5.75 Å². The number of benzene rings is 1. The number of carbonyl (C=O) groups excluding carboxylic acids is 1. The van der Waals surface area contributed by atoms with Crippen LogP contribution >= 0.6 is 0 Å². The molecule has 2 heterocycles. The first-order valence-electron chi connectivity index (χ1n) is 6.87. The van der Waals surface area contributed by atoms with Crippen molar-refractivity contribution in [2.45, 2.75) is 30.5 Å². The average Bonchev–Trinajstić information content (AvgIpc) is 2.52. The molecule has 0 unspecified atom stereocenters. The van der Waals surface area contributed by atoms with Gasteiger partial charge in [0.15, 0.2) is 17.6 Å². The van der Waals surface area contributed by atoms with Crippen molar-refractivity contribution in [1.29, 1.82) is 0 Å². The fraction of sp³-hybridized carbons (Fsp3) is 0.500. The van der Waals surface area contributed by atoms with Gasteiger partial charge >= 0.3 is 5.97 Å². The van der Waals surface area contributed by atoms with Crippen LogP contribution in [0.25, 0.3) is 0 Å². The van der Waals surface area contributed by atoms with Gasteiger partial charge in [-0.3, -0.25) is 0 Å². The van der Waals surface area contributed by atoms with Crippen LogP contribution in [0.5, 0.6) is 17.2 Å². The molecule has 9 nitrogen and oxygen atoms in total. The summed E-state index contributed by atoms with van der Waals surface area (Å²) in [6, 6.07) is 1.06. The van der Waals surface area contributed by atoms with Gasteiger partial charge in [0.05, 0.1) is 19.3 Å². The summed E-state index contributed by atoms with van der Waals surface area (Å²) >= 11 is 0. The fourth-order valence-corrected chi connectivity index (χ4v) is 2.95. The molecule has 1 fully saturated rings. The standard InChI is InChI=1S/C14H16O9/c1-21-11-5(16)2-4-7(9(11)18)12-13(23-14(4)20)10(19)8(17)6(3-15)22-12/h2,6,8,10,12-13,15-19H,3H2,1H3/t6-,8-,10+,12-,13+/m0/s1. The van der Waals surface area contributed by atoms with Gasteiger partial charge in [0.1, 0.15) is 24.4 Å². The molecule has 1 aromatic rings. The first-order chi connectivity index (χ1) is 10.9. The zero-order chi connectivity index (χ0) is 16.9. The number of methoxy groups -OCH3 is 1. The van der Waals surface area contributed by atoms with Gasteiger partial charge in [0.25, 0.3) is 0 Å². The number of aliphatic hydroxyl groups excluding tert-OH is 3. The number of phenols is 2. The Balaban J connectivity index is 2.16. The normalized spacial score (nSPS) is 32.7. The van der Waals surface area contributed by atoms with E-state index >= 15 is 0 Å². The van der Waals surface area contributed by atoms with Crippen LogP contribution in [-0.4, -0.2) is 69.6 Å². The topological polar surface area (TPSA) is 146 Å². The summed E-state index contributed by atoms with van der Waals surface area (Å²) in [5.74, 6) is -2.16. The predicted octanol–water partition coefficient (Wildman–Crippen LogP) is -1.20. The number of aliphatic hydroxyl groups is 3. The van der Waals surface area contributed by atoms with Gasteiger partial charge in [-0.05, 0) is 6.07 Å². The van der Waals surface area contributed by atoms with Crippen molar-refractivity contribution in [3.63, 3.8) is 0 Å². The van der Waals surface area contributed by atoms with E-state index in [0.29, 0.717) is 0 Å². The molecular weight excluding hydrogens is 312 g/mol. The molecule has 5 atom stereocenters. The Hall–Kier alpha value is -2.07. The van der Waals surface area contributed by atoms with E-state index < -0.39 is 54.6 Å². The minimum atomic E-state index is -1.51. The number of phenolic OH excluding ortho intramolecular Hbond substituents is 2. The van der Waals surface area contributed by atoms with Crippen molar-refractivity contribution in [3.05, 3.63) is 17.2 Å². The van der Waals surface area contributed by atoms with E-state index in [1.54, 1.807) is 0 Å². The highest BCUT2D eigenvalue weighted by Crippen LogP contribution is 2.49. The Morgan fingerprint density at radius 2 is 1.96 bits per heavy atom. The third kappa shape index (κ3) is 2.20. The fourth-order valence-electron chi connectivity index (χ4n) is 2.95. The lowest BCUT2D eigenvalue weighted by Crippen LogP contribution is -2.58. The Morgan fingerprint density at radius 3 is 2.57 bits per heavy atom. The van der Waals surface area contributed by atoms with Gasteiger partial charge in [-0.15, -0.1) is 0 Å². The minimum absolute atomic E-state index is 0.0368. The number of carbonyl (C=O) groups is 1. The second kappa shape index (κ2) is 5.53. The summed E-state index contributed by atoms with van der Waals surface area (Å²) in [7, 11) is 1.22. The van der Waals surface area contributed by atoms with Gasteiger partial charge in [-0.2, -0.15) is 0 Å². The molecule has 1 saturated heterocycles. The third-order valence-corrected chi connectivity index (χ3v) is 4.09. The molecule has 2 aliphatic heterocycles. The van der Waals surface area contributed by atoms with Crippen LogP contribution in [0.3, 0.4) is 0 Å². The average molecular weight is 328 g/mol. The predicted molar refractivity (Wildman–Crippen MR) is 72.2 cm³/mol. The molecule has 0 bridgehead atoms. The number of fused-ring (bicyclic) bond motifs is 3. The van der Waals surface area contributed by atoms with Crippen molar-refractivity contribution in [1.82, 2.24) is 0 Å². The molecule has 0 spiro atoms.